The van der Waals surface area contributed by atoms with Crippen LogP contribution in [0.2, 0.25) is 0 Å². The molecule has 0 saturated heterocycles. The number of halogens is 2. The lowest BCUT2D eigenvalue weighted by Crippen LogP contribution is -1.82. The van der Waals surface area contributed by atoms with E-state index in [2.05, 4.69) is 22.6 Å². The van der Waals surface area contributed by atoms with Crippen LogP contribution in [-0.2, 0) is 0 Å². The van der Waals surface area contributed by atoms with E-state index in [9.17, 15) is 4.39 Å². The quantitative estimate of drug-likeness (QED) is 0.558. The molecule has 1 aromatic heterocycles. The van der Waals surface area contributed by atoms with Crippen molar-refractivity contribution in [3.63, 3.8) is 0 Å². The first-order chi connectivity index (χ1) is 10.2. The van der Waals surface area contributed by atoms with Gasteiger partial charge in [0.1, 0.15) is 23.1 Å². The molecule has 21 heavy (non-hydrogen) atoms. The van der Waals surface area contributed by atoms with Gasteiger partial charge >= 0.3 is 0 Å². The Labute approximate surface area is 135 Å². The minimum absolute atomic E-state index is 0.254. The predicted molar refractivity (Wildman–Crippen MR) is 88.8 cm³/mol. The summed E-state index contributed by atoms with van der Waals surface area (Å²) < 4.78 is 25.1. The van der Waals surface area contributed by atoms with Gasteiger partial charge in [-0.25, -0.2) is 4.39 Å². The summed E-state index contributed by atoms with van der Waals surface area (Å²) in [5.41, 5.74) is 1.84. The molecule has 106 valence electrons. The molecule has 0 N–H and O–H groups in total. The van der Waals surface area contributed by atoms with Crippen molar-refractivity contribution < 1.29 is 13.5 Å². The van der Waals surface area contributed by atoms with E-state index in [1.165, 1.54) is 12.1 Å². The maximum Gasteiger partial charge on any atom is 0.148 e. The molecule has 0 aliphatic rings. The van der Waals surface area contributed by atoms with Gasteiger partial charge in [-0.1, -0.05) is 0 Å². The van der Waals surface area contributed by atoms with Crippen LogP contribution in [0.3, 0.4) is 0 Å². The van der Waals surface area contributed by atoms with Crippen LogP contribution in [0.4, 0.5) is 4.39 Å². The molecule has 2 aromatic carbocycles. The highest BCUT2D eigenvalue weighted by Crippen LogP contribution is 2.34. The van der Waals surface area contributed by atoms with Crippen molar-refractivity contribution in [2.75, 3.05) is 7.11 Å². The summed E-state index contributed by atoms with van der Waals surface area (Å²) >= 11 is 2.24. The number of benzene rings is 2. The van der Waals surface area contributed by atoms with Crippen LogP contribution in [0.1, 0.15) is 0 Å². The topological polar surface area (TPSA) is 22.4 Å². The molecule has 0 fully saturated rings. The lowest BCUT2D eigenvalue weighted by molar-refractivity contribution is 0.415. The molecule has 0 unspecified atom stereocenters. The maximum atomic E-state index is 13.0. The second-order valence-corrected chi connectivity index (χ2v) is 5.69. The minimum Gasteiger partial charge on any atom is -0.497 e. The third-order valence-electron chi connectivity index (χ3n) is 3.17. The van der Waals surface area contributed by atoms with Crippen molar-refractivity contribution in [3.8, 4) is 28.4 Å². The normalized spacial score (nSPS) is 10.6. The van der Waals surface area contributed by atoms with Gasteiger partial charge in [0, 0.05) is 11.1 Å². The van der Waals surface area contributed by atoms with E-state index in [1.807, 2.05) is 30.3 Å². The second kappa shape index (κ2) is 5.89. The van der Waals surface area contributed by atoms with Gasteiger partial charge in [-0.15, -0.1) is 0 Å². The van der Waals surface area contributed by atoms with Crippen molar-refractivity contribution in [2.45, 2.75) is 0 Å². The van der Waals surface area contributed by atoms with Crippen LogP contribution in [0.25, 0.3) is 22.6 Å². The molecule has 0 spiro atoms. The van der Waals surface area contributed by atoms with E-state index >= 15 is 0 Å². The molecule has 0 atom stereocenters. The molecule has 3 aromatic rings. The molecule has 1 heterocycles. The number of hydrogen-bond donors (Lipinski definition) is 0. The van der Waals surface area contributed by atoms with Crippen molar-refractivity contribution in [2.24, 2.45) is 0 Å². The van der Waals surface area contributed by atoms with Crippen LogP contribution in [-0.4, -0.2) is 7.11 Å². The van der Waals surface area contributed by atoms with Crippen LogP contribution in [0, 0.1) is 9.39 Å². The Balaban J connectivity index is 1.98. The summed E-state index contributed by atoms with van der Waals surface area (Å²) in [6.45, 7) is 0. The number of furan rings is 1. The fourth-order valence-corrected chi connectivity index (χ4v) is 2.77. The van der Waals surface area contributed by atoms with Crippen LogP contribution >= 0.6 is 22.6 Å². The number of rotatable bonds is 3. The van der Waals surface area contributed by atoms with Crippen LogP contribution in [0.5, 0.6) is 5.75 Å². The smallest absolute Gasteiger partial charge is 0.148 e. The van der Waals surface area contributed by atoms with Crippen molar-refractivity contribution in [1.29, 1.82) is 0 Å². The highest BCUT2D eigenvalue weighted by Gasteiger charge is 2.12. The molecule has 4 heteroatoms. The third kappa shape index (κ3) is 2.95. The van der Waals surface area contributed by atoms with Gasteiger partial charge < -0.3 is 9.15 Å². The fraction of sp³-hybridized carbons (Fsp3) is 0.0588. The highest BCUT2D eigenvalue weighted by atomic mass is 127. The summed E-state index contributed by atoms with van der Waals surface area (Å²) in [6, 6.07) is 15.9. The molecular formula is C17H12FIO2. The van der Waals surface area contributed by atoms with Crippen molar-refractivity contribution in [3.05, 3.63) is 64.0 Å². The average Bonchev–Trinajstić information content (AvgIpc) is 2.90. The van der Waals surface area contributed by atoms with E-state index in [4.69, 9.17) is 9.15 Å². The van der Waals surface area contributed by atoms with Gasteiger partial charge in [-0.05, 0) is 77.2 Å². The minimum atomic E-state index is -0.254. The molecule has 0 saturated carbocycles. The second-order valence-electron chi connectivity index (χ2n) is 4.52. The van der Waals surface area contributed by atoms with Gasteiger partial charge in [0.15, 0.2) is 0 Å². The molecule has 0 aliphatic carbocycles. The maximum absolute atomic E-state index is 13.0. The highest BCUT2D eigenvalue weighted by molar-refractivity contribution is 14.1. The number of methoxy groups -OCH3 is 1. The third-order valence-corrected chi connectivity index (χ3v) is 3.97. The van der Waals surface area contributed by atoms with E-state index in [1.54, 1.807) is 19.2 Å². The standard InChI is InChI=1S/C17H12FIO2/c1-20-14-8-4-12(5-9-14)17-15(19)10-16(21-17)11-2-6-13(18)7-3-11/h2-10H,1H3. The van der Waals surface area contributed by atoms with Crippen LogP contribution in [0.15, 0.2) is 59.0 Å². The zero-order valence-electron chi connectivity index (χ0n) is 11.3. The van der Waals surface area contributed by atoms with E-state index in [0.29, 0.717) is 0 Å². The first-order valence-electron chi connectivity index (χ1n) is 6.37. The molecule has 0 amide bonds. The Morgan fingerprint density at radius 3 is 2.19 bits per heavy atom. The lowest BCUT2D eigenvalue weighted by atomic mass is 10.1. The Hall–Kier alpha value is -1.82. The summed E-state index contributed by atoms with van der Waals surface area (Å²) in [6.07, 6.45) is 0. The first kappa shape index (κ1) is 14.1. The number of hydrogen-bond acceptors (Lipinski definition) is 2. The van der Waals surface area contributed by atoms with Crippen molar-refractivity contribution in [1.82, 2.24) is 0 Å². The largest absolute Gasteiger partial charge is 0.497 e. The summed E-state index contributed by atoms with van der Waals surface area (Å²) in [7, 11) is 1.64. The van der Waals surface area contributed by atoms with Gasteiger partial charge in [0.05, 0.1) is 10.7 Å². The van der Waals surface area contributed by atoms with Crippen LogP contribution < -0.4 is 4.74 Å². The zero-order valence-corrected chi connectivity index (χ0v) is 13.4. The average molecular weight is 394 g/mol. The zero-order chi connectivity index (χ0) is 14.8. The van der Waals surface area contributed by atoms with Gasteiger partial charge in [0.25, 0.3) is 0 Å². The summed E-state index contributed by atoms with van der Waals surface area (Å²) in [4.78, 5) is 0. The summed E-state index contributed by atoms with van der Waals surface area (Å²) in [5, 5.41) is 0. The number of ether oxygens (including phenoxy) is 1. The van der Waals surface area contributed by atoms with E-state index in [0.717, 1.165) is 32.0 Å². The first-order valence-corrected chi connectivity index (χ1v) is 7.45. The Morgan fingerprint density at radius 1 is 0.952 bits per heavy atom. The Morgan fingerprint density at radius 2 is 1.57 bits per heavy atom. The fourth-order valence-electron chi connectivity index (χ4n) is 2.06. The van der Waals surface area contributed by atoms with Gasteiger partial charge in [-0.3, -0.25) is 0 Å². The lowest BCUT2D eigenvalue weighted by Gasteiger charge is -2.02. The molecule has 2 nitrogen and oxygen atoms in total. The molecule has 0 aliphatic heterocycles. The SMILES string of the molecule is COc1ccc(-c2oc(-c3ccc(F)cc3)cc2I)cc1. The van der Waals surface area contributed by atoms with Crippen molar-refractivity contribution >= 4 is 22.6 Å². The molecule has 0 bridgehead atoms. The Kier molecular flexibility index (Phi) is 3.96. The van der Waals surface area contributed by atoms with Gasteiger partial charge in [-0.2, -0.15) is 0 Å². The summed E-state index contributed by atoms with van der Waals surface area (Å²) in [5.74, 6) is 2.08. The Bertz CT molecular complexity index is 745. The molecular weight excluding hydrogens is 382 g/mol. The van der Waals surface area contributed by atoms with E-state index < -0.39 is 0 Å². The van der Waals surface area contributed by atoms with Gasteiger partial charge in [0.2, 0.25) is 0 Å². The molecule has 0 radical (unpaired) electrons. The monoisotopic (exact) mass is 394 g/mol. The van der Waals surface area contributed by atoms with E-state index in [-0.39, 0.29) is 5.82 Å². The molecule has 3 rings (SSSR count). The predicted octanol–water partition coefficient (Wildman–Crippen LogP) is 5.37.